The SMILES string of the molecule is CC(C)(CC(=O)O)c1cnc2n[nH]nc2c1. The van der Waals surface area contributed by atoms with E-state index in [9.17, 15) is 4.79 Å². The molecule has 0 amide bonds. The summed E-state index contributed by atoms with van der Waals surface area (Å²) in [4.78, 5) is 14.9. The van der Waals surface area contributed by atoms with Crippen LogP contribution >= 0.6 is 0 Å². The summed E-state index contributed by atoms with van der Waals surface area (Å²) < 4.78 is 0. The average molecular weight is 220 g/mol. The standard InChI is InChI=1S/C10H12N4O2/c1-10(2,4-8(15)16)6-3-7-9(11-5-6)13-14-12-7/h3,5H,4H2,1-2H3,(H,15,16)(H,11,12,13,14). The number of aliphatic carboxylic acids is 1. The fraction of sp³-hybridized carbons (Fsp3) is 0.400. The highest BCUT2D eigenvalue weighted by Crippen LogP contribution is 2.27. The zero-order chi connectivity index (χ0) is 11.8. The van der Waals surface area contributed by atoms with Gasteiger partial charge in [-0.3, -0.25) is 4.79 Å². The minimum Gasteiger partial charge on any atom is -0.481 e. The first-order valence-electron chi connectivity index (χ1n) is 4.88. The number of H-pyrrole nitrogens is 1. The zero-order valence-electron chi connectivity index (χ0n) is 9.06. The summed E-state index contributed by atoms with van der Waals surface area (Å²) in [5.74, 6) is -0.828. The minimum absolute atomic E-state index is 0.0536. The Labute approximate surface area is 91.7 Å². The van der Waals surface area contributed by atoms with E-state index in [0.717, 1.165) is 5.56 Å². The lowest BCUT2D eigenvalue weighted by molar-refractivity contribution is -0.138. The lowest BCUT2D eigenvalue weighted by Crippen LogP contribution is -2.21. The Bertz CT molecular complexity index is 532. The summed E-state index contributed by atoms with van der Waals surface area (Å²) in [7, 11) is 0. The molecular formula is C10H12N4O2. The minimum atomic E-state index is -0.828. The molecule has 0 aromatic carbocycles. The van der Waals surface area contributed by atoms with Gasteiger partial charge in [0, 0.05) is 11.6 Å². The summed E-state index contributed by atoms with van der Waals surface area (Å²) in [6.07, 6.45) is 1.70. The molecule has 2 rings (SSSR count). The van der Waals surface area contributed by atoms with Crippen molar-refractivity contribution in [1.29, 1.82) is 0 Å². The van der Waals surface area contributed by atoms with Gasteiger partial charge >= 0.3 is 5.97 Å². The number of carbonyl (C=O) groups is 1. The van der Waals surface area contributed by atoms with Crippen LogP contribution in [-0.4, -0.2) is 31.5 Å². The van der Waals surface area contributed by atoms with Crippen molar-refractivity contribution >= 4 is 17.1 Å². The summed E-state index contributed by atoms with van der Waals surface area (Å²) in [5, 5.41) is 19.1. The lowest BCUT2D eigenvalue weighted by atomic mass is 9.82. The number of hydrogen-bond donors (Lipinski definition) is 2. The molecule has 0 fully saturated rings. The molecule has 0 aliphatic carbocycles. The molecule has 0 saturated carbocycles. The summed E-state index contributed by atoms with van der Waals surface area (Å²) in [5.41, 5.74) is 1.56. The van der Waals surface area contributed by atoms with E-state index in [1.165, 1.54) is 0 Å². The number of nitrogens with one attached hydrogen (secondary N) is 1. The Morgan fingerprint density at radius 1 is 1.50 bits per heavy atom. The molecule has 0 unspecified atom stereocenters. The topological polar surface area (TPSA) is 91.8 Å². The third-order valence-electron chi connectivity index (χ3n) is 2.55. The molecule has 84 valence electrons. The van der Waals surface area contributed by atoms with Gasteiger partial charge in [0.25, 0.3) is 0 Å². The number of aromatic nitrogens is 4. The van der Waals surface area contributed by atoms with Crippen molar-refractivity contribution in [2.75, 3.05) is 0 Å². The highest BCUT2D eigenvalue weighted by atomic mass is 16.4. The van der Waals surface area contributed by atoms with Crippen molar-refractivity contribution in [3.05, 3.63) is 17.8 Å². The second-order valence-electron chi connectivity index (χ2n) is 4.34. The fourth-order valence-corrected chi connectivity index (χ4v) is 1.59. The monoisotopic (exact) mass is 220 g/mol. The molecule has 6 heteroatoms. The normalized spacial score (nSPS) is 11.9. The van der Waals surface area contributed by atoms with Crippen LogP contribution < -0.4 is 0 Å². The number of fused-ring (bicyclic) bond motifs is 1. The van der Waals surface area contributed by atoms with Crippen molar-refractivity contribution < 1.29 is 9.90 Å². The van der Waals surface area contributed by atoms with Crippen LogP contribution in [0.4, 0.5) is 0 Å². The predicted octanol–water partition coefficient (Wildman–Crippen LogP) is 1.11. The first-order valence-corrected chi connectivity index (χ1v) is 4.88. The van der Waals surface area contributed by atoms with Crippen molar-refractivity contribution in [2.24, 2.45) is 0 Å². The lowest BCUT2D eigenvalue weighted by Gasteiger charge is -2.22. The first-order chi connectivity index (χ1) is 7.49. The molecule has 2 N–H and O–H groups in total. The molecule has 0 bridgehead atoms. The average Bonchev–Trinajstić information content (AvgIpc) is 2.61. The van der Waals surface area contributed by atoms with E-state index in [0.29, 0.717) is 11.2 Å². The molecular weight excluding hydrogens is 208 g/mol. The third-order valence-corrected chi connectivity index (χ3v) is 2.55. The Kier molecular flexibility index (Phi) is 2.34. The second-order valence-corrected chi connectivity index (χ2v) is 4.34. The van der Waals surface area contributed by atoms with Gasteiger partial charge in [-0.2, -0.15) is 10.3 Å². The zero-order valence-corrected chi connectivity index (χ0v) is 9.06. The van der Waals surface area contributed by atoms with Gasteiger partial charge < -0.3 is 5.11 Å². The van der Waals surface area contributed by atoms with Crippen LogP contribution in [-0.2, 0) is 10.2 Å². The van der Waals surface area contributed by atoms with Crippen LogP contribution in [0.25, 0.3) is 11.2 Å². The van der Waals surface area contributed by atoms with Gasteiger partial charge in [-0.15, -0.1) is 5.10 Å². The Morgan fingerprint density at radius 3 is 2.94 bits per heavy atom. The Morgan fingerprint density at radius 2 is 2.25 bits per heavy atom. The van der Waals surface area contributed by atoms with Gasteiger partial charge in [0.15, 0.2) is 0 Å². The van der Waals surface area contributed by atoms with Crippen molar-refractivity contribution in [3.8, 4) is 0 Å². The number of carboxylic acid groups (broad SMARTS) is 1. The van der Waals surface area contributed by atoms with Gasteiger partial charge in [-0.05, 0) is 11.6 Å². The number of hydrogen-bond acceptors (Lipinski definition) is 4. The summed E-state index contributed by atoms with van der Waals surface area (Å²) >= 11 is 0. The van der Waals surface area contributed by atoms with E-state index in [1.54, 1.807) is 6.20 Å². The van der Waals surface area contributed by atoms with Crippen molar-refractivity contribution in [3.63, 3.8) is 0 Å². The van der Waals surface area contributed by atoms with Crippen molar-refractivity contribution in [1.82, 2.24) is 20.4 Å². The molecule has 0 aliphatic rings. The molecule has 0 saturated heterocycles. The molecule has 2 aromatic rings. The highest BCUT2D eigenvalue weighted by molar-refractivity contribution is 5.71. The van der Waals surface area contributed by atoms with Crippen LogP contribution in [0.1, 0.15) is 25.8 Å². The number of nitrogens with zero attached hydrogens (tertiary/aromatic N) is 3. The third kappa shape index (κ3) is 1.86. The summed E-state index contributed by atoms with van der Waals surface area (Å²) in [6.45, 7) is 3.73. The Hall–Kier alpha value is -1.98. The molecule has 2 heterocycles. The smallest absolute Gasteiger partial charge is 0.304 e. The Balaban J connectivity index is 2.41. The predicted molar refractivity (Wildman–Crippen MR) is 57.0 cm³/mol. The molecule has 0 aliphatic heterocycles. The number of rotatable bonds is 3. The van der Waals surface area contributed by atoms with Crippen LogP contribution in [0.2, 0.25) is 0 Å². The fourth-order valence-electron chi connectivity index (χ4n) is 1.59. The largest absolute Gasteiger partial charge is 0.481 e. The second kappa shape index (κ2) is 3.55. The van der Waals surface area contributed by atoms with Gasteiger partial charge in [0.05, 0.1) is 6.42 Å². The highest BCUT2D eigenvalue weighted by Gasteiger charge is 2.25. The maximum Gasteiger partial charge on any atom is 0.304 e. The molecule has 0 spiro atoms. The van der Waals surface area contributed by atoms with Crippen molar-refractivity contribution in [2.45, 2.75) is 25.7 Å². The van der Waals surface area contributed by atoms with Gasteiger partial charge in [0.1, 0.15) is 5.52 Å². The number of pyridine rings is 1. The van der Waals surface area contributed by atoms with Gasteiger partial charge in [0.2, 0.25) is 5.65 Å². The van der Waals surface area contributed by atoms with E-state index in [4.69, 9.17) is 5.11 Å². The van der Waals surface area contributed by atoms with E-state index >= 15 is 0 Å². The quantitative estimate of drug-likeness (QED) is 0.808. The van der Waals surface area contributed by atoms with E-state index in [-0.39, 0.29) is 6.42 Å². The molecule has 0 atom stereocenters. The van der Waals surface area contributed by atoms with Gasteiger partial charge in [-0.1, -0.05) is 13.8 Å². The maximum atomic E-state index is 10.7. The van der Waals surface area contributed by atoms with Crippen LogP contribution in [0.3, 0.4) is 0 Å². The molecule has 0 radical (unpaired) electrons. The maximum absolute atomic E-state index is 10.7. The first kappa shape index (κ1) is 10.5. The van der Waals surface area contributed by atoms with E-state index < -0.39 is 11.4 Å². The van der Waals surface area contributed by atoms with Crippen LogP contribution in [0.15, 0.2) is 12.3 Å². The van der Waals surface area contributed by atoms with E-state index in [2.05, 4.69) is 20.4 Å². The molecule has 6 nitrogen and oxygen atoms in total. The molecule has 16 heavy (non-hydrogen) atoms. The number of carboxylic acids is 1. The van der Waals surface area contributed by atoms with Crippen LogP contribution in [0, 0.1) is 0 Å². The molecule has 2 aromatic heterocycles. The van der Waals surface area contributed by atoms with Gasteiger partial charge in [-0.25, -0.2) is 4.98 Å². The summed E-state index contributed by atoms with van der Waals surface area (Å²) in [6, 6.07) is 1.81. The van der Waals surface area contributed by atoms with Crippen LogP contribution in [0.5, 0.6) is 0 Å². The number of aromatic amines is 1. The van der Waals surface area contributed by atoms with E-state index in [1.807, 2.05) is 19.9 Å².